The zero-order chi connectivity index (χ0) is 9.61. The summed E-state index contributed by atoms with van der Waals surface area (Å²) in [5.74, 6) is 0.470. The van der Waals surface area contributed by atoms with Crippen molar-refractivity contribution in [2.45, 2.75) is 59.8 Å². The van der Waals surface area contributed by atoms with Crippen molar-refractivity contribution >= 4 is 5.78 Å². The van der Waals surface area contributed by atoms with Gasteiger partial charge in [-0.15, -0.1) is 0 Å². The SMILES string of the molecule is CCCC(=O)C(CC)(CC)CC.[Zr]. The van der Waals surface area contributed by atoms with Crippen LogP contribution in [0, 0.1) is 5.41 Å². The predicted molar refractivity (Wildman–Crippen MR) is 53.2 cm³/mol. The minimum absolute atomic E-state index is 0. The van der Waals surface area contributed by atoms with Gasteiger partial charge in [0.25, 0.3) is 0 Å². The first kappa shape index (κ1) is 16.0. The summed E-state index contributed by atoms with van der Waals surface area (Å²) in [5, 5.41) is 0. The van der Waals surface area contributed by atoms with Gasteiger partial charge in [-0.2, -0.15) is 0 Å². The maximum atomic E-state index is 11.8. The molecule has 0 spiro atoms. The molecule has 0 bridgehead atoms. The van der Waals surface area contributed by atoms with Crippen molar-refractivity contribution in [3.63, 3.8) is 0 Å². The van der Waals surface area contributed by atoms with Gasteiger partial charge in [0.2, 0.25) is 0 Å². The molecule has 0 atom stereocenters. The van der Waals surface area contributed by atoms with Crippen molar-refractivity contribution in [2.75, 3.05) is 0 Å². The summed E-state index contributed by atoms with van der Waals surface area (Å²) in [6.07, 6.45) is 4.74. The Bertz CT molecular complexity index is 131. The first-order valence-electron chi connectivity index (χ1n) is 5.20. The van der Waals surface area contributed by atoms with E-state index in [1.165, 1.54) is 0 Å². The summed E-state index contributed by atoms with van der Waals surface area (Å²) >= 11 is 0. The molecular weight excluding hydrogens is 239 g/mol. The standard InChI is InChI=1S/C11H22O.Zr/c1-5-9-10(12)11(6-2,7-3)8-4;/h5-9H2,1-4H3;. The monoisotopic (exact) mass is 260 g/mol. The summed E-state index contributed by atoms with van der Waals surface area (Å²) in [6, 6.07) is 0. The third kappa shape index (κ3) is 4.06. The number of ketones is 1. The van der Waals surface area contributed by atoms with Crippen molar-refractivity contribution in [1.82, 2.24) is 0 Å². The van der Waals surface area contributed by atoms with Crippen molar-refractivity contribution in [3.8, 4) is 0 Å². The molecule has 0 aromatic carbocycles. The number of carbonyl (C=O) groups is 1. The summed E-state index contributed by atoms with van der Waals surface area (Å²) < 4.78 is 0. The number of rotatable bonds is 6. The van der Waals surface area contributed by atoms with Gasteiger partial charge in [0.05, 0.1) is 0 Å². The minimum atomic E-state index is -0.00396. The maximum absolute atomic E-state index is 11.8. The van der Waals surface area contributed by atoms with E-state index in [0.29, 0.717) is 5.78 Å². The Labute approximate surface area is 102 Å². The van der Waals surface area contributed by atoms with Crippen LogP contribution in [0.1, 0.15) is 59.8 Å². The van der Waals surface area contributed by atoms with Gasteiger partial charge in [0.15, 0.2) is 0 Å². The average Bonchev–Trinajstić information content (AvgIpc) is 2.09. The van der Waals surface area contributed by atoms with Gasteiger partial charge < -0.3 is 0 Å². The number of hydrogen-bond acceptors (Lipinski definition) is 1. The Morgan fingerprint density at radius 1 is 1.00 bits per heavy atom. The van der Waals surface area contributed by atoms with E-state index in [1.54, 1.807) is 0 Å². The second-order valence-electron chi connectivity index (χ2n) is 3.51. The van der Waals surface area contributed by atoms with E-state index in [9.17, 15) is 4.79 Å². The smallest absolute Gasteiger partial charge is 0.138 e. The van der Waals surface area contributed by atoms with Crippen molar-refractivity contribution in [1.29, 1.82) is 0 Å². The number of hydrogen-bond donors (Lipinski definition) is 0. The molecule has 0 saturated carbocycles. The van der Waals surface area contributed by atoms with E-state index >= 15 is 0 Å². The molecule has 0 aromatic heterocycles. The Kier molecular flexibility index (Phi) is 9.74. The molecule has 0 radical (unpaired) electrons. The molecule has 76 valence electrons. The average molecular weight is 262 g/mol. The van der Waals surface area contributed by atoms with Crippen molar-refractivity contribution in [2.24, 2.45) is 5.41 Å². The van der Waals surface area contributed by atoms with Gasteiger partial charge >= 0.3 is 0 Å². The molecule has 0 aliphatic heterocycles. The third-order valence-electron chi connectivity index (χ3n) is 3.10. The molecule has 0 N–H and O–H groups in total. The van der Waals surface area contributed by atoms with E-state index in [0.717, 1.165) is 32.1 Å². The Balaban J connectivity index is 0. The van der Waals surface area contributed by atoms with Gasteiger partial charge in [-0.1, -0.05) is 27.7 Å². The Morgan fingerprint density at radius 3 is 1.62 bits per heavy atom. The number of Topliss-reactive ketones (excluding diaryl/α,β-unsaturated/α-hetero) is 1. The van der Waals surface area contributed by atoms with Crippen LogP contribution < -0.4 is 0 Å². The summed E-state index contributed by atoms with van der Waals surface area (Å²) in [6.45, 7) is 8.45. The molecule has 0 saturated heterocycles. The molecule has 0 amide bonds. The van der Waals surface area contributed by atoms with Crippen LogP contribution in [0.5, 0.6) is 0 Å². The molecule has 0 heterocycles. The van der Waals surface area contributed by atoms with Crippen LogP contribution in [-0.4, -0.2) is 5.78 Å². The summed E-state index contributed by atoms with van der Waals surface area (Å²) in [7, 11) is 0. The quantitative estimate of drug-likeness (QED) is 0.714. The zero-order valence-corrected chi connectivity index (χ0v) is 11.9. The van der Waals surface area contributed by atoms with E-state index in [1.807, 2.05) is 0 Å². The number of carbonyl (C=O) groups excluding carboxylic acids is 1. The van der Waals surface area contributed by atoms with Crippen LogP contribution in [0.25, 0.3) is 0 Å². The molecule has 0 unspecified atom stereocenters. The van der Waals surface area contributed by atoms with E-state index < -0.39 is 0 Å². The van der Waals surface area contributed by atoms with E-state index in [-0.39, 0.29) is 31.6 Å². The summed E-state index contributed by atoms with van der Waals surface area (Å²) in [5.41, 5.74) is -0.00396. The van der Waals surface area contributed by atoms with Crippen LogP contribution in [0.2, 0.25) is 0 Å². The topological polar surface area (TPSA) is 17.1 Å². The Morgan fingerprint density at radius 2 is 1.38 bits per heavy atom. The van der Waals surface area contributed by atoms with E-state index in [2.05, 4.69) is 27.7 Å². The fourth-order valence-corrected chi connectivity index (χ4v) is 1.83. The largest absolute Gasteiger partial charge is 0.299 e. The van der Waals surface area contributed by atoms with Crippen LogP contribution in [-0.2, 0) is 31.0 Å². The fraction of sp³-hybridized carbons (Fsp3) is 0.909. The first-order chi connectivity index (χ1) is 5.66. The van der Waals surface area contributed by atoms with Crippen LogP contribution in [0.15, 0.2) is 0 Å². The van der Waals surface area contributed by atoms with Gasteiger partial charge in [-0.25, -0.2) is 0 Å². The van der Waals surface area contributed by atoms with Crippen LogP contribution in [0.4, 0.5) is 0 Å². The molecule has 0 aliphatic carbocycles. The van der Waals surface area contributed by atoms with Crippen LogP contribution in [0.3, 0.4) is 0 Å². The molecular formula is C11H22OZr. The molecule has 0 aromatic rings. The maximum Gasteiger partial charge on any atom is 0.138 e. The fourth-order valence-electron chi connectivity index (χ4n) is 1.83. The van der Waals surface area contributed by atoms with Crippen molar-refractivity contribution < 1.29 is 31.0 Å². The minimum Gasteiger partial charge on any atom is -0.299 e. The van der Waals surface area contributed by atoms with Gasteiger partial charge in [-0.3, -0.25) is 4.79 Å². The predicted octanol–water partition coefficient (Wildman–Crippen LogP) is 3.57. The molecule has 0 aliphatic rings. The third-order valence-corrected chi connectivity index (χ3v) is 3.10. The van der Waals surface area contributed by atoms with Gasteiger partial charge in [-0.05, 0) is 25.7 Å². The van der Waals surface area contributed by atoms with Crippen molar-refractivity contribution in [3.05, 3.63) is 0 Å². The molecule has 0 fully saturated rings. The Hall–Kier alpha value is 0.553. The first-order valence-corrected chi connectivity index (χ1v) is 5.20. The molecule has 13 heavy (non-hydrogen) atoms. The van der Waals surface area contributed by atoms with Gasteiger partial charge in [0, 0.05) is 38.0 Å². The second kappa shape index (κ2) is 7.91. The normalized spacial score (nSPS) is 10.8. The second-order valence-corrected chi connectivity index (χ2v) is 3.51. The molecule has 1 nitrogen and oxygen atoms in total. The molecule has 0 rings (SSSR count). The van der Waals surface area contributed by atoms with Gasteiger partial charge in [0.1, 0.15) is 5.78 Å². The molecule has 2 heteroatoms. The zero-order valence-electron chi connectivity index (χ0n) is 9.44. The van der Waals surface area contributed by atoms with Crippen LogP contribution >= 0.6 is 0 Å². The van der Waals surface area contributed by atoms with E-state index in [4.69, 9.17) is 0 Å². The summed E-state index contributed by atoms with van der Waals surface area (Å²) in [4.78, 5) is 11.8.